The topological polar surface area (TPSA) is 11.4 Å². The van der Waals surface area contributed by atoms with Crippen LogP contribution in [0.15, 0.2) is 249 Å². The molecule has 4 heteroatoms. The van der Waals surface area contributed by atoms with E-state index in [1.54, 1.807) is 0 Å². The highest BCUT2D eigenvalue weighted by Gasteiger charge is 2.24. The minimum absolute atomic E-state index is 1.09. The average molecular weight is 836 g/mol. The maximum absolute atomic E-state index is 2.43. The summed E-state index contributed by atoms with van der Waals surface area (Å²) < 4.78 is 4.91. The molecule has 0 aliphatic heterocycles. The van der Waals surface area contributed by atoms with Gasteiger partial charge in [-0.25, -0.2) is 0 Å². The Balaban J connectivity index is 1.10. The van der Waals surface area contributed by atoms with Gasteiger partial charge in [-0.05, 0) is 107 Å². The zero-order valence-electron chi connectivity index (χ0n) is 34.9. The van der Waals surface area contributed by atoms with E-state index in [-0.39, 0.29) is 0 Å². The number of anilines is 6. The number of nitrogens with zero attached hydrogens (tertiary/aromatic N) is 3. The molecule has 0 unspecified atom stereocenters. The molecule has 0 N–H and O–H groups in total. The minimum Gasteiger partial charge on any atom is -0.310 e. The molecule has 0 spiro atoms. The van der Waals surface area contributed by atoms with Gasteiger partial charge in [0, 0.05) is 65.1 Å². The third-order valence-electron chi connectivity index (χ3n) is 12.3. The van der Waals surface area contributed by atoms with Crippen LogP contribution in [0.4, 0.5) is 34.1 Å². The van der Waals surface area contributed by atoms with E-state index in [4.69, 9.17) is 0 Å². The number of hydrogen-bond acceptors (Lipinski definition) is 3. The Hall–Kier alpha value is -8.18. The summed E-state index contributed by atoms with van der Waals surface area (Å²) in [6, 6.07) is 90.0. The zero-order valence-corrected chi connectivity index (χ0v) is 35.7. The van der Waals surface area contributed by atoms with E-state index in [0.29, 0.717) is 0 Å². The Morgan fingerprint density at radius 1 is 0.328 bits per heavy atom. The van der Waals surface area contributed by atoms with Gasteiger partial charge in [-0.15, -0.1) is 11.3 Å². The summed E-state index contributed by atoms with van der Waals surface area (Å²) in [5, 5.41) is 4.95. The molecule has 302 valence electrons. The summed E-state index contributed by atoms with van der Waals surface area (Å²) in [4.78, 5) is 4.80. The summed E-state index contributed by atoms with van der Waals surface area (Å²) >= 11 is 1.88. The fraction of sp³-hybridized carbons (Fsp3) is 0. The first kappa shape index (κ1) is 37.6. The van der Waals surface area contributed by atoms with Crippen molar-refractivity contribution in [2.45, 2.75) is 0 Å². The standard InChI is InChI=1S/C60H41N3S/c1-6-19-42(20-7-1)43-33-36-49(37-34-43)63-55-32-17-16-29-52(55)53-38-35-44(39-56(53)63)51-30-18-31-54-59-57(62(47-25-12-4-13-26-47)48-27-14-5-15-28-48)40-50(41-58(59)64-60(51)54)61(45-21-8-2-9-22-45)46-23-10-3-11-24-46/h1-41H. The molecular formula is C60H41N3S. The van der Waals surface area contributed by atoms with Crippen molar-refractivity contribution in [2.75, 3.05) is 9.80 Å². The molecule has 2 aromatic heterocycles. The van der Waals surface area contributed by atoms with Crippen molar-refractivity contribution in [1.82, 2.24) is 4.57 Å². The summed E-state index contributed by atoms with van der Waals surface area (Å²) in [6.45, 7) is 0. The van der Waals surface area contributed by atoms with Crippen molar-refractivity contribution >= 4 is 87.4 Å². The maximum atomic E-state index is 2.43. The first-order chi connectivity index (χ1) is 31.8. The summed E-state index contributed by atoms with van der Waals surface area (Å²) in [6.07, 6.45) is 0. The average Bonchev–Trinajstić information content (AvgIpc) is 3.91. The number of hydrogen-bond donors (Lipinski definition) is 0. The van der Waals surface area contributed by atoms with E-state index in [9.17, 15) is 0 Å². The molecule has 0 radical (unpaired) electrons. The number of fused-ring (bicyclic) bond motifs is 6. The third kappa shape index (κ3) is 6.51. The van der Waals surface area contributed by atoms with Crippen LogP contribution in [0.2, 0.25) is 0 Å². The molecule has 0 saturated heterocycles. The van der Waals surface area contributed by atoms with Gasteiger partial charge in [0.2, 0.25) is 0 Å². The van der Waals surface area contributed by atoms with Crippen LogP contribution in [0.3, 0.4) is 0 Å². The number of aromatic nitrogens is 1. The second-order valence-electron chi connectivity index (χ2n) is 16.1. The second-order valence-corrected chi connectivity index (χ2v) is 17.2. The van der Waals surface area contributed by atoms with Crippen molar-refractivity contribution in [3.05, 3.63) is 249 Å². The molecule has 12 aromatic rings. The van der Waals surface area contributed by atoms with Crippen LogP contribution in [0.1, 0.15) is 0 Å². The van der Waals surface area contributed by atoms with Crippen LogP contribution in [0.25, 0.3) is 69.9 Å². The van der Waals surface area contributed by atoms with Gasteiger partial charge >= 0.3 is 0 Å². The predicted octanol–water partition coefficient (Wildman–Crippen LogP) is 17.4. The van der Waals surface area contributed by atoms with Gasteiger partial charge in [-0.2, -0.15) is 0 Å². The van der Waals surface area contributed by atoms with Gasteiger partial charge in [-0.1, -0.05) is 164 Å². The molecule has 3 nitrogen and oxygen atoms in total. The fourth-order valence-electron chi connectivity index (χ4n) is 9.46. The van der Waals surface area contributed by atoms with Crippen LogP contribution in [-0.4, -0.2) is 4.57 Å². The highest BCUT2D eigenvalue weighted by Crippen LogP contribution is 2.51. The molecule has 0 amide bonds. The summed E-state index contributed by atoms with van der Waals surface area (Å²) in [5.41, 5.74) is 15.0. The molecule has 0 saturated carbocycles. The lowest BCUT2D eigenvalue weighted by Gasteiger charge is -2.30. The molecule has 12 rings (SSSR count). The van der Waals surface area contributed by atoms with E-state index in [1.807, 2.05) is 11.3 Å². The molecule has 64 heavy (non-hydrogen) atoms. The van der Waals surface area contributed by atoms with Crippen LogP contribution >= 0.6 is 11.3 Å². The summed E-state index contributed by atoms with van der Waals surface area (Å²) in [5.74, 6) is 0. The lowest BCUT2D eigenvalue weighted by Crippen LogP contribution is -2.13. The van der Waals surface area contributed by atoms with Crippen LogP contribution < -0.4 is 9.80 Å². The van der Waals surface area contributed by atoms with Crippen LogP contribution in [0.5, 0.6) is 0 Å². The first-order valence-electron chi connectivity index (χ1n) is 21.8. The van der Waals surface area contributed by atoms with Crippen molar-refractivity contribution in [2.24, 2.45) is 0 Å². The minimum atomic E-state index is 1.09. The molecular weight excluding hydrogens is 795 g/mol. The number of rotatable bonds is 9. The Morgan fingerprint density at radius 3 is 1.45 bits per heavy atom. The summed E-state index contributed by atoms with van der Waals surface area (Å²) in [7, 11) is 0. The van der Waals surface area contributed by atoms with Crippen molar-refractivity contribution in [3.63, 3.8) is 0 Å². The van der Waals surface area contributed by atoms with Crippen LogP contribution in [0, 0.1) is 0 Å². The van der Waals surface area contributed by atoms with Crippen LogP contribution in [-0.2, 0) is 0 Å². The Bertz CT molecular complexity index is 3500. The van der Waals surface area contributed by atoms with Gasteiger partial charge in [0.1, 0.15) is 0 Å². The smallest absolute Gasteiger partial charge is 0.0575 e. The number of thiophene rings is 1. The van der Waals surface area contributed by atoms with E-state index in [1.165, 1.54) is 64.2 Å². The molecule has 0 bridgehead atoms. The largest absolute Gasteiger partial charge is 0.310 e. The van der Waals surface area contributed by atoms with E-state index in [0.717, 1.165) is 39.8 Å². The van der Waals surface area contributed by atoms with E-state index in [2.05, 4.69) is 263 Å². The van der Waals surface area contributed by atoms with Gasteiger partial charge < -0.3 is 14.4 Å². The quantitative estimate of drug-likeness (QED) is 0.143. The number of para-hydroxylation sites is 5. The van der Waals surface area contributed by atoms with Crippen molar-refractivity contribution in [1.29, 1.82) is 0 Å². The van der Waals surface area contributed by atoms with E-state index < -0.39 is 0 Å². The van der Waals surface area contributed by atoms with Crippen molar-refractivity contribution < 1.29 is 0 Å². The maximum Gasteiger partial charge on any atom is 0.0575 e. The van der Waals surface area contributed by atoms with Crippen molar-refractivity contribution in [3.8, 4) is 27.9 Å². The lowest BCUT2D eigenvalue weighted by atomic mass is 10.00. The zero-order chi connectivity index (χ0) is 42.4. The molecule has 10 aromatic carbocycles. The number of benzene rings is 10. The Morgan fingerprint density at radius 2 is 0.828 bits per heavy atom. The van der Waals surface area contributed by atoms with Gasteiger partial charge in [-0.3, -0.25) is 0 Å². The van der Waals surface area contributed by atoms with Gasteiger partial charge in [0.05, 0.1) is 16.7 Å². The second kappa shape index (κ2) is 15.9. The first-order valence-corrected chi connectivity index (χ1v) is 22.6. The molecule has 0 fully saturated rings. The lowest BCUT2D eigenvalue weighted by molar-refractivity contribution is 1.18. The molecule has 2 heterocycles. The monoisotopic (exact) mass is 835 g/mol. The third-order valence-corrected chi connectivity index (χ3v) is 13.5. The highest BCUT2D eigenvalue weighted by molar-refractivity contribution is 7.26. The highest BCUT2D eigenvalue weighted by atomic mass is 32.1. The fourth-order valence-corrected chi connectivity index (χ4v) is 10.7. The van der Waals surface area contributed by atoms with Gasteiger partial charge in [0.15, 0.2) is 0 Å². The normalized spacial score (nSPS) is 11.4. The Labute approximate surface area is 376 Å². The molecule has 0 aliphatic rings. The predicted molar refractivity (Wildman–Crippen MR) is 274 cm³/mol. The molecule has 0 atom stereocenters. The Kier molecular flexibility index (Phi) is 9.36. The van der Waals surface area contributed by atoms with Gasteiger partial charge in [0.25, 0.3) is 0 Å². The SMILES string of the molecule is c1ccc(-c2ccc(-n3c4ccccc4c4ccc(-c5cccc6c5sc5cc(N(c7ccccc7)c7ccccc7)cc(N(c7ccccc7)c7ccccc7)c56)cc43)cc2)cc1. The van der Waals surface area contributed by atoms with E-state index >= 15 is 0 Å². The molecule has 0 aliphatic carbocycles.